The van der Waals surface area contributed by atoms with Crippen molar-refractivity contribution in [2.45, 2.75) is 58.0 Å². The summed E-state index contributed by atoms with van der Waals surface area (Å²) in [5.41, 5.74) is 0.415. The van der Waals surface area contributed by atoms with E-state index in [-0.39, 0.29) is 17.5 Å². The summed E-state index contributed by atoms with van der Waals surface area (Å²) in [6.45, 7) is 2.52. The number of rotatable bonds is 5. The molecule has 0 aromatic carbocycles. The Labute approximate surface area is 141 Å². The highest BCUT2D eigenvalue weighted by atomic mass is 16.2. The van der Waals surface area contributed by atoms with Crippen LogP contribution in [0.5, 0.6) is 0 Å². The highest BCUT2D eigenvalue weighted by molar-refractivity contribution is 5.76. The van der Waals surface area contributed by atoms with Crippen molar-refractivity contribution in [1.29, 1.82) is 0 Å². The van der Waals surface area contributed by atoms with Crippen LogP contribution in [0.4, 0.5) is 0 Å². The van der Waals surface area contributed by atoms with E-state index in [9.17, 15) is 9.59 Å². The molecule has 0 unspecified atom stereocenters. The molecular formula is C17H25N5O2. The van der Waals surface area contributed by atoms with E-state index in [4.69, 9.17) is 0 Å². The van der Waals surface area contributed by atoms with Gasteiger partial charge in [0, 0.05) is 26.1 Å². The second-order valence-electron chi connectivity index (χ2n) is 6.63. The first-order valence-electron chi connectivity index (χ1n) is 8.76. The largest absolute Gasteiger partial charge is 0.353 e. The Balaban J connectivity index is 1.62. The van der Waals surface area contributed by atoms with Gasteiger partial charge >= 0.3 is 0 Å². The molecule has 24 heavy (non-hydrogen) atoms. The van der Waals surface area contributed by atoms with E-state index < -0.39 is 0 Å². The van der Waals surface area contributed by atoms with E-state index in [0.717, 1.165) is 12.8 Å². The Morgan fingerprint density at radius 2 is 2.17 bits per heavy atom. The van der Waals surface area contributed by atoms with Gasteiger partial charge in [0.1, 0.15) is 5.39 Å². The number of hydrogen-bond acceptors (Lipinski definition) is 4. The summed E-state index contributed by atoms with van der Waals surface area (Å²) < 4.78 is 3.06. The lowest BCUT2D eigenvalue weighted by atomic mass is 9.83. The number of carbonyl (C=O) groups excluding carboxylic acids is 1. The molecule has 1 aliphatic carbocycles. The number of nitrogens with zero attached hydrogens (tertiary/aromatic N) is 4. The Morgan fingerprint density at radius 3 is 2.96 bits per heavy atom. The summed E-state index contributed by atoms with van der Waals surface area (Å²) in [6.07, 6.45) is 9.12. The summed E-state index contributed by atoms with van der Waals surface area (Å²) >= 11 is 0. The fourth-order valence-corrected chi connectivity index (χ4v) is 3.61. The summed E-state index contributed by atoms with van der Waals surface area (Å²) in [5, 5.41) is 7.69. The van der Waals surface area contributed by atoms with Crippen molar-refractivity contribution in [3.05, 3.63) is 22.9 Å². The topological polar surface area (TPSA) is 81.8 Å². The lowest BCUT2D eigenvalue weighted by Gasteiger charge is -2.31. The minimum atomic E-state index is -0.148. The molecule has 2 aromatic heterocycles. The minimum absolute atomic E-state index is 0.0125. The Bertz CT molecular complexity index is 779. The van der Waals surface area contributed by atoms with E-state index in [0.29, 0.717) is 29.9 Å². The van der Waals surface area contributed by atoms with Crippen molar-refractivity contribution in [1.82, 2.24) is 24.6 Å². The molecule has 1 fully saturated rings. The molecule has 0 spiro atoms. The van der Waals surface area contributed by atoms with Crippen LogP contribution in [-0.2, 0) is 18.4 Å². The lowest BCUT2D eigenvalue weighted by molar-refractivity contribution is -0.122. The van der Waals surface area contributed by atoms with Crippen LogP contribution in [0.15, 0.2) is 17.3 Å². The smallest absolute Gasteiger partial charge is 0.264 e. The molecule has 1 aliphatic rings. The number of aromatic nitrogens is 4. The maximum Gasteiger partial charge on any atom is 0.264 e. The molecule has 2 atom stereocenters. The molecule has 0 radical (unpaired) electrons. The monoisotopic (exact) mass is 331 g/mol. The van der Waals surface area contributed by atoms with Gasteiger partial charge in [-0.1, -0.05) is 26.2 Å². The van der Waals surface area contributed by atoms with Gasteiger partial charge in [-0.15, -0.1) is 0 Å². The highest BCUT2D eigenvalue weighted by Crippen LogP contribution is 2.26. The predicted octanol–water partition coefficient (Wildman–Crippen LogP) is 1.61. The number of amides is 1. The molecule has 7 heteroatoms. The van der Waals surface area contributed by atoms with Crippen LogP contribution in [0, 0.1) is 5.92 Å². The molecule has 130 valence electrons. The Hall–Kier alpha value is -2.18. The van der Waals surface area contributed by atoms with Gasteiger partial charge in [-0.2, -0.15) is 5.10 Å². The number of hydrogen-bond donors (Lipinski definition) is 1. The third-order valence-electron chi connectivity index (χ3n) is 5.08. The zero-order valence-corrected chi connectivity index (χ0v) is 14.4. The molecule has 0 saturated heterocycles. The molecule has 0 aliphatic heterocycles. The van der Waals surface area contributed by atoms with Crippen LogP contribution in [0.1, 0.15) is 45.4 Å². The third kappa shape index (κ3) is 3.34. The highest BCUT2D eigenvalue weighted by Gasteiger charge is 2.24. The van der Waals surface area contributed by atoms with Crippen LogP contribution in [0.2, 0.25) is 0 Å². The van der Waals surface area contributed by atoms with Crippen LogP contribution in [0.25, 0.3) is 11.0 Å². The number of fused-ring (bicyclic) bond motifs is 1. The minimum Gasteiger partial charge on any atom is -0.353 e. The van der Waals surface area contributed by atoms with Crippen LogP contribution in [0.3, 0.4) is 0 Å². The van der Waals surface area contributed by atoms with Crippen LogP contribution < -0.4 is 10.9 Å². The van der Waals surface area contributed by atoms with Gasteiger partial charge in [0.25, 0.3) is 5.56 Å². The Morgan fingerprint density at radius 1 is 1.38 bits per heavy atom. The molecule has 2 heterocycles. The van der Waals surface area contributed by atoms with Crippen molar-refractivity contribution in [2.75, 3.05) is 0 Å². The van der Waals surface area contributed by atoms with Gasteiger partial charge in [0.05, 0.1) is 12.5 Å². The van der Waals surface area contributed by atoms with Crippen molar-refractivity contribution in [2.24, 2.45) is 13.0 Å². The number of nitrogens with one attached hydrogen (secondary N) is 1. The SMILES string of the molecule is CC[C@H]1CCCC[C@H]1NC(=O)CCn1cnc2c(cnn2C)c1=O. The zero-order chi connectivity index (χ0) is 17.1. The first kappa shape index (κ1) is 16.7. The van der Waals surface area contributed by atoms with Gasteiger partial charge in [0.15, 0.2) is 5.65 Å². The normalized spacial score (nSPS) is 21.1. The fraction of sp³-hybridized carbons (Fsp3) is 0.647. The van der Waals surface area contributed by atoms with Crippen molar-refractivity contribution in [3.8, 4) is 0 Å². The van der Waals surface area contributed by atoms with Crippen LogP contribution >= 0.6 is 0 Å². The second kappa shape index (κ2) is 7.15. The number of aryl methyl sites for hydroxylation is 2. The second-order valence-corrected chi connectivity index (χ2v) is 6.63. The van der Waals surface area contributed by atoms with Crippen molar-refractivity contribution < 1.29 is 4.79 Å². The van der Waals surface area contributed by atoms with Crippen molar-refractivity contribution in [3.63, 3.8) is 0 Å². The Kier molecular flexibility index (Phi) is 4.97. The van der Waals surface area contributed by atoms with Gasteiger partial charge in [-0.05, 0) is 18.8 Å². The number of carbonyl (C=O) groups is 1. The van der Waals surface area contributed by atoms with Gasteiger partial charge in [0.2, 0.25) is 5.91 Å². The van der Waals surface area contributed by atoms with Gasteiger partial charge < -0.3 is 5.32 Å². The standard InChI is InChI=1S/C17H25N5O2/c1-3-12-6-4-5-7-14(12)20-15(23)8-9-22-11-18-16-13(17(22)24)10-19-21(16)2/h10-12,14H,3-9H2,1-2H3,(H,20,23)/t12-,14+/m0/s1. The van der Waals surface area contributed by atoms with E-state index in [1.54, 1.807) is 11.7 Å². The molecule has 1 amide bonds. The summed E-state index contributed by atoms with van der Waals surface area (Å²) in [7, 11) is 1.75. The quantitative estimate of drug-likeness (QED) is 0.902. The summed E-state index contributed by atoms with van der Waals surface area (Å²) in [5.74, 6) is 0.595. The summed E-state index contributed by atoms with van der Waals surface area (Å²) in [4.78, 5) is 28.9. The first-order chi connectivity index (χ1) is 11.6. The maximum absolute atomic E-state index is 12.4. The summed E-state index contributed by atoms with van der Waals surface area (Å²) in [6, 6.07) is 0.284. The molecule has 1 N–H and O–H groups in total. The molecule has 0 bridgehead atoms. The first-order valence-corrected chi connectivity index (χ1v) is 8.76. The van der Waals surface area contributed by atoms with E-state index in [1.165, 1.54) is 36.4 Å². The average molecular weight is 331 g/mol. The molecule has 1 saturated carbocycles. The molecule has 7 nitrogen and oxygen atoms in total. The van der Waals surface area contributed by atoms with E-state index >= 15 is 0 Å². The molecule has 3 rings (SSSR count). The van der Waals surface area contributed by atoms with E-state index in [2.05, 4.69) is 22.3 Å². The van der Waals surface area contributed by atoms with E-state index in [1.807, 2.05) is 0 Å². The lowest BCUT2D eigenvalue weighted by Crippen LogP contribution is -2.42. The predicted molar refractivity (Wildman–Crippen MR) is 91.6 cm³/mol. The molecule has 2 aromatic rings. The average Bonchev–Trinajstić information content (AvgIpc) is 2.97. The van der Waals surface area contributed by atoms with Gasteiger partial charge in [-0.3, -0.25) is 18.8 Å². The van der Waals surface area contributed by atoms with Crippen molar-refractivity contribution >= 4 is 16.9 Å². The fourth-order valence-electron chi connectivity index (χ4n) is 3.61. The maximum atomic E-state index is 12.4. The zero-order valence-electron chi connectivity index (χ0n) is 14.4. The van der Waals surface area contributed by atoms with Crippen LogP contribution in [-0.4, -0.2) is 31.3 Å². The third-order valence-corrected chi connectivity index (χ3v) is 5.08. The molecular weight excluding hydrogens is 306 g/mol. The van der Waals surface area contributed by atoms with Gasteiger partial charge in [-0.25, -0.2) is 4.98 Å².